The van der Waals surface area contributed by atoms with Gasteiger partial charge in [-0.05, 0) is 43.3 Å². The molecule has 3 rings (SSSR count). The van der Waals surface area contributed by atoms with Gasteiger partial charge in [0.1, 0.15) is 0 Å². The fourth-order valence-corrected chi connectivity index (χ4v) is 3.33. The number of hydrogen-bond donors (Lipinski definition) is 3. The number of aryl methyl sites for hydroxylation is 1. The summed E-state index contributed by atoms with van der Waals surface area (Å²) in [5, 5.41) is 3.47. The Kier molecular flexibility index (Phi) is 8.03. The number of para-hydroxylation sites is 1. The number of benzene rings is 2. The molecule has 0 radical (unpaired) electrons. The lowest BCUT2D eigenvalue weighted by Crippen LogP contribution is -2.47. The smallest absolute Gasteiger partial charge is 0.279 e. The molecule has 3 aromatic rings. The lowest BCUT2D eigenvalue weighted by atomic mass is 10.2. The van der Waals surface area contributed by atoms with Gasteiger partial charge >= 0.3 is 0 Å². The Labute approximate surface area is 193 Å². The van der Waals surface area contributed by atoms with E-state index in [1.165, 1.54) is 49.0 Å². The molecule has 1 unspecified atom stereocenters. The van der Waals surface area contributed by atoms with E-state index in [9.17, 15) is 18.8 Å². The van der Waals surface area contributed by atoms with Crippen LogP contribution < -0.4 is 20.9 Å². The fourth-order valence-electron chi connectivity index (χ4n) is 2.60. The molecule has 0 aliphatic rings. The molecule has 0 bridgehead atoms. The maximum absolute atomic E-state index is 13.6. The summed E-state index contributed by atoms with van der Waals surface area (Å²) < 4.78 is 20.7. The zero-order valence-electron chi connectivity index (χ0n) is 17.9. The minimum Gasteiger partial charge on any atom is -0.478 e. The number of anilines is 1. The van der Waals surface area contributed by atoms with Gasteiger partial charge < -0.3 is 14.6 Å². The highest BCUT2D eigenvalue weighted by molar-refractivity contribution is 7.99. The topological polar surface area (TPSA) is 114 Å². The van der Waals surface area contributed by atoms with Gasteiger partial charge in [-0.3, -0.25) is 25.2 Å². The van der Waals surface area contributed by atoms with Gasteiger partial charge in [0.2, 0.25) is 5.91 Å². The second-order valence-corrected chi connectivity index (χ2v) is 7.81. The number of nitrogens with zero attached hydrogens (tertiary/aromatic N) is 2. The van der Waals surface area contributed by atoms with Crippen molar-refractivity contribution < 1.29 is 23.5 Å². The molecule has 3 amide bonds. The first-order valence-electron chi connectivity index (χ1n) is 9.85. The maximum atomic E-state index is 13.6. The summed E-state index contributed by atoms with van der Waals surface area (Å²) in [6, 6.07) is 11.8. The highest BCUT2D eigenvalue weighted by Crippen LogP contribution is 2.17. The molecule has 9 nitrogen and oxygen atoms in total. The van der Waals surface area contributed by atoms with Crippen LogP contribution in [0.1, 0.15) is 17.3 Å². The Morgan fingerprint density at radius 2 is 1.85 bits per heavy atom. The molecule has 11 heteroatoms. The number of hydrogen-bond acceptors (Lipinski definition) is 6. The van der Waals surface area contributed by atoms with Gasteiger partial charge in [0.05, 0.1) is 5.75 Å². The Balaban J connectivity index is 1.44. The molecule has 0 saturated carbocycles. The summed E-state index contributed by atoms with van der Waals surface area (Å²) in [5.74, 6) is -1.90. The highest BCUT2D eigenvalue weighted by Gasteiger charge is 2.17. The number of nitrogens with one attached hydrogen (secondary N) is 3. The standard InChI is InChI=1S/C22H22FN5O4S/c1-14(32-18-6-4-3-5-17(18)23)20(30)26-27-21(31)15-7-9-16(10-8-15)25-19(29)13-33-22-24-11-12-28(22)2/h3-12,14H,13H2,1-2H3,(H,25,29)(H,26,30)(H,27,31). The van der Waals surface area contributed by atoms with Crippen molar-refractivity contribution in [1.29, 1.82) is 0 Å². The molecule has 0 aliphatic heterocycles. The normalized spacial score (nSPS) is 11.4. The lowest BCUT2D eigenvalue weighted by molar-refractivity contribution is -0.128. The van der Waals surface area contributed by atoms with E-state index in [1.807, 2.05) is 11.6 Å². The van der Waals surface area contributed by atoms with Gasteiger partial charge in [0.15, 0.2) is 22.8 Å². The van der Waals surface area contributed by atoms with Crippen LogP contribution in [0.25, 0.3) is 0 Å². The van der Waals surface area contributed by atoms with Gasteiger partial charge in [0.25, 0.3) is 11.8 Å². The van der Waals surface area contributed by atoms with Gasteiger partial charge in [-0.2, -0.15) is 0 Å². The number of hydrazine groups is 1. The Hall–Kier alpha value is -3.86. The molecule has 0 fully saturated rings. The lowest BCUT2D eigenvalue weighted by Gasteiger charge is -2.15. The van der Waals surface area contributed by atoms with E-state index in [1.54, 1.807) is 30.6 Å². The molecule has 0 aliphatic carbocycles. The zero-order chi connectivity index (χ0) is 23.8. The van der Waals surface area contributed by atoms with Crippen molar-refractivity contribution in [1.82, 2.24) is 20.4 Å². The number of aromatic nitrogens is 2. The number of carbonyl (C=O) groups excluding carboxylic acids is 3. The minimum atomic E-state index is -1.04. The highest BCUT2D eigenvalue weighted by atomic mass is 32.2. The van der Waals surface area contributed by atoms with Gasteiger partial charge in [-0.25, -0.2) is 9.37 Å². The molecule has 33 heavy (non-hydrogen) atoms. The Bertz CT molecular complexity index is 1140. The van der Waals surface area contributed by atoms with E-state index in [0.29, 0.717) is 5.69 Å². The van der Waals surface area contributed by atoms with Crippen molar-refractivity contribution in [3.8, 4) is 5.75 Å². The summed E-state index contributed by atoms with van der Waals surface area (Å²) >= 11 is 1.31. The first kappa shape index (κ1) is 23.8. The number of imidazole rings is 1. The van der Waals surface area contributed by atoms with Crippen LogP contribution in [0.15, 0.2) is 66.1 Å². The van der Waals surface area contributed by atoms with Crippen molar-refractivity contribution >= 4 is 35.2 Å². The fraction of sp³-hybridized carbons (Fsp3) is 0.182. The minimum absolute atomic E-state index is 0.0672. The third-order valence-corrected chi connectivity index (χ3v) is 5.41. The molecule has 1 atom stereocenters. The number of ether oxygens (including phenoxy) is 1. The SMILES string of the molecule is CC(Oc1ccccc1F)C(=O)NNC(=O)c1ccc(NC(=O)CSc2nccn2C)cc1. The zero-order valence-corrected chi connectivity index (χ0v) is 18.7. The van der Waals surface area contributed by atoms with E-state index in [4.69, 9.17) is 4.74 Å². The summed E-state index contributed by atoms with van der Waals surface area (Å²) in [6.45, 7) is 1.43. The van der Waals surface area contributed by atoms with Crippen LogP contribution in [0.3, 0.4) is 0 Å². The largest absolute Gasteiger partial charge is 0.478 e. The predicted molar refractivity (Wildman–Crippen MR) is 121 cm³/mol. The van der Waals surface area contributed by atoms with Gasteiger partial charge in [-0.15, -0.1) is 0 Å². The van der Waals surface area contributed by atoms with Crippen molar-refractivity contribution in [3.05, 3.63) is 72.3 Å². The maximum Gasteiger partial charge on any atom is 0.279 e. The average Bonchev–Trinajstić information content (AvgIpc) is 3.22. The molecular weight excluding hydrogens is 449 g/mol. The number of amides is 3. The molecule has 1 aromatic heterocycles. The van der Waals surface area contributed by atoms with Crippen molar-refractivity contribution in [2.75, 3.05) is 11.1 Å². The number of rotatable bonds is 8. The van der Waals surface area contributed by atoms with Gasteiger partial charge in [0, 0.05) is 30.7 Å². The summed E-state index contributed by atoms with van der Waals surface area (Å²) in [4.78, 5) is 40.6. The van der Waals surface area contributed by atoms with Crippen LogP contribution >= 0.6 is 11.8 Å². The predicted octanol–water partition coefficient (Wildman–Crippen LogP) is 2.52. The van der Waals surface area contributed by atoms with Crippen molar-refractivity contribution in [2.45, 2.75) is 18.2 Å². The Morgan fingerprint density at radius 3 is 2.52 bits per heavy atom. The number of thioether (sulfide) groups is 1. The van der Waals surface area contributed by atoms with Crippen LogP contribution in [-0.2, 0) is 16.6 Å². The van der Waals surface area contributed by atoms with Crippen LogP contribution in [0.2, 0.25) is 0 Å². The second kappa shape index (κ2) is 11.1. The Morgan fingerprint density at radius 1 is 1.12 bits per heavy atom. The van der Waals surface area contributed by atoms with Crippen LogP contribution in [0, 0.1) is 5.82 Å². The number of carbonyl (C=O) groups is 3. The van der Waals surface area contributed by atoms with E-state index in [0.717, 1.165) is 5.16 Å². The summed E-state index contributed by atoms with van der Waals surface area (Å²) in [5.41, 5.74) is 5.29. The summed E-state index contributed by atoms with van der Waals surface area (Å²) in [7, 11) is 1.84. The third kappa shape index (κ3) is 6.81. The third-order valence-electron chi connectivity index (χ3n) is 4.35. The molecule has 3 N–H and O–H groups in total. The molecule has 0 spiro atoms. The molecular formula is C22H22FN5O4S. The average molecular weight is 472 g/mol. The van der Waals surface area contributed by atoms with Crippen LogP contribution in [0.5, 0.6) is 5.75 Å². The molecule has 0 saturated heterocycles. The second-order valence-electron chi connectivity index (χ2n) is 6.87. The van der Waals surface area contributed by atoms with E-state index in [2.05, 4.69) is 21.2 Å². The van der Waals surface area contributed by atoms with Gasteiger partial charge in [-0.1, -0.05) is 23.9 Å². The molecule has 172 valence electrons. The number of halogens is 1. The molecule has 2 aromatic carbocycles. The quantitative estimate of drug-likeness (QED) is 0.344. The van der Waals surface area contributed by atoms with E-state index in [-0.39, 0.29) is 23.0 Å². The van der Waals surface area contributed by atoms with Crippen LogP contribution in [-0.4, -0.2) is 39.1 Å². The summed E-state index contributed by atoms with van der Waals surface area (Å²) in [6.07, 6.45) is 2.41. The van der Waals surface area contributed by atoms with E-state index < -0.39 is 23.7 Å². The van der Waals surface area contributed by atoms with E-state index >= 15 is 0 Å². The molecule has 1 heterocycles. The monoisotopic (exact) mass is 471 g/mol. The van der Waals surface area contributed by atoms with Crippen LogP contribution in [0.4, 0.5) is 10.1 Å². The first-order chi connectivity index (χ1) is 15.8. The van der Waals surface area contributed by atoms with Crippen molar-refractivity contribution in [3.63, 3.8) is 0 Å². The first-order valence-corrected chi connectivity index (χ1v) is 10.8. The van der Waals surface area contributed by atoms with Crippen molar-refractivity contribution in [2.24, 2.45) is 7.05 Å².